The molecule has 0 bridgehead atoms. The molecule has 2 nitrogen and oxygen atoms in total. The van der Waals surface area contributed by atoms with Gasteiger partial charge in [0, 0.05) is 30.1 Å². The molecular weight excluding hydrogens is 144 g/mol. The maximum atomic E-state index is 4.52. The molecule has 0 spiro atoms. The maximum Gasteiger partial charge on any atom is 0.0487 e. The summed E-state index contributed by atoms with van der Waals surface area (Å²) < 4.78 is 0. The van der Waals surface area contributed by atoms with Crippen LogP contribution in [0.5, 0.6) is 0 Å². The summed E-state index contributed by atoms with van der Waals surface area (Å²) in [5, 5.41) is 7.74. The summed E-state index contributed by atoms with van der Waals surface area (Å²) in [5.41, 5.74) is 0. The second kappa shape index (κ2) is 4.21. The van der Waals surface area contributed by atoms with E-state index in [1.165, 1.54) is 11.5 Å². The summed E-state index contributed by atoms with van der Waals surface area (Å²) in [5.74, 6) is 2.41. The highest BCUT2D eigenvalue weighted by Crippen LogP contribution is 2.11. The van der Waals surface area contributed by atoms with E-state index in [0.29, 0.717) is 12.1 Å². The van der Waals surface area contributed by atoms with Gasteiger partial charge < -0.3 is 5.32 Å². The van der Waals surface area contributed by atoms with Crippen LogP contribution in [0.1, 0.15) is 6.92 Å². The average molecular weight is 159 g/mol. The van der Waals surface area contributed by atoms with Crippen LogP contribution in [0.3, 0.4) is 0 Å². The minimum absolute atomic E-state index is 0.545. The summed E-state index contributed by atoms with van der Waals surface area (Å²) >= 11 is 2.01. The van der Waals surface area contributed by atoms with E-state index >= 15 is 0 Å². The standard InChI is InChI=1S/C7H15N2S/c1-6(8-2)7-5-10-4-3-9-7/h6-8H,3-5H2,1-2H3. The van der Waals surface area contributed by atoms with E-state index in [1.54, 1.807) is 0 Å². The number of likely N-dealkylation sites (N-methyl/N-ethyl adjacent to an activating group) is 1. The number of nitrogens with zero attached hydrogens (tertiary/aromatic N) is 1. The number of thioether (sulfide) groups is 1. The number of hydrogen-bond donors (Lipinski definition) is 1. The van der Waals surface area contributed by atoms with Gasteiger partial charge in [0.25, 0.3) is 0 Å². The molecule has 2 unspecified atom stereocenters. The molecule has 3 heteroatoms. The zero-order valence-corrected chi connectivity index (χ0v) is 7.45. The van der Waals surface area contributed by atoms with Gasteiger partial charge in [0.05, 0.1) is 0 Å². The molecule has 2 atom stereocenters. The van der Waals surface area contributed by atoms with Gasteiger partial charge in [-0.25, -0.2) is 5.32 Å². The molecule has 10 heavy (non-hydrogen) atoms. The van der Waals surface area contributed by atoms with Gasteiger partial charge in [0.2, 0.25) is 0 Å². The second-order valence-electron chi connectivity index (χ2n) is 2.63. The fourth-order valence-corrected chi connectivity index (χ4v) is 2.07. The van der Waals surface area contributed by atoms with Crippen molar-refractivity contribution in [3.05, 3.63) is 0 Å². The van der Waals surface area contributed by atoms with Crippen molar-refractivity contribution >= 4 is 11.8 Å². The molecule has 0 aliphatic carbocycles. The molecule has 0 aromatic heterocycles. The van der Waals surface area contributed by atoms with Crippen LogP contribution in [-0.2, 0) is 0 Å². The minimum Gasteiger partial charge on any atom is -0.316 e. The molecule has 1 fully saturated rings. The van der Waals surface area contributed by atoms with Crippen molar-refractivity contribution in [2.45, 2.75) is 19.0 Å². The van der Waals surface area contributed by atoms with Gasteiger partial charge in [-0.1, -0.05) is 0 Å². The Kier molecular flexibility index (Phi) is 3.52. The molecule has 1 N–H and O–H groups in total. The van der Waals surface area contributed by atoms with Crippen LogP contribution in [0.4, 0.5) is 0 Å². The molecule has 0 aromatic rings. The normalized spacial score (nSPS) is 30.0. The largest absolute Gasteiger partial charge is 0.316 e. The molecule has 0 saturated carbocycles. The summed E-state index contributed by atoms with van der Waals surface area (Å²) in [6, 6.07) is 1.09. The van der Waals surface area contributed by atoms with Gasteiger partial charge in [-0.2, -0.15) is 11.8 Å². The van der Waals surface area contributed by atoms with E-state index in [9.17, 15) is 0 Å². The van der Waals surface area contributed by atoms with Crippen LogP contribution in [0.2, 0.25) is 0 Å². The summed E-state index contributed by atoms with van der Waals surface area (Å²) in [6.07, 6.45) is 0. The molecule has 0 amide bonds. The monoisotopic (exact) mass is 159 g/mol. The molecule has 0 aromatic carbocycles. The first-order valence-electron chi connectivity index (χ1n) is 3.76. The third-order valence-electron chi connectivity index (χ3n) is 1.92. The van der Waals surface area contributed by atoms with Crippen LogP contribution in [0.15, 0.2) is 0 Å². The molecule has 1 saturated heterocycles. The van der Waals surface area contributed by atoms with Crippen molar-refractivity contribution in [3.63, 3.8) is 0 Å². The fraction of sp³-hybridized carbons (Fsp3) is 1.00. The Morgan fingerprint density at radius 3 is 3.00 bits per heavy atom. The quantitative estimate of drug-likeness (QED) is 0.628. The fourth-order valence-electron chi connectivity index (χ4n) is 1.03. The third-order valence-corrected chi connectivity index (χ3v) is 2.97. The molecule has 59 valence electrons. The second-order valence-corrected chi connectivity index (χ2v) is 3.78. The van der Waals surface area contributed by atoms with Crippen LogP contribution in [-0.4, -0.2) is 37.2 Å². The highest BCUT2D eigenvalue weighted by Gasteiger charge is 2.18. The lowest BCUT2D eigenvalue weighted by Gasteiger charge is -2.26. The number of hydrogen-bond acceptors (Lipinski definition) is 2. The van der Waals surface area contributed by atoms with Gasteiger partial charge in [-0.3, -0.25) is 0 Å². The van der Waals surface area contributed by atoms with Crippen molar-refractivity contribution in [2.75, 3.05) is 25.1 Å². The van der Waals surface area contributed by atoms with Crippen molar-refractivity contribution in [2.24, 2.45) is 0 Å². The van der Waals surface area contributed by atoms with E-state index in [1.807, 2.05) is 18.8 Å². The van der Waals surface area contributed by atoms with Crippen molar-refractivity contribution in [1.82, 2.24) is 10.6 Å². The summed E-state index contributed by atoms with van der Waals surface area (Å²) in [7, 11) is 2.00. The molecular formula is C7H15N2S. The van der Waals surface area contributed by atoms with Crippen molar-refractivity contribution in [3.8, 4) is 0 Å². The van der Waals surface area contributed by atoms with E-state index in [0.717, 1.165) is 6.54 Å². The molecule has 1 aliphatic rings. The van der Waals surface area contributed by atoms with Crippen LogP contribution in [0, 0.1) is 0 Å². The van der Waals surface area contributed by atoms with E-state index < -0.39 is 0 Å². The Morgan fingerprint density at radius 1 is 1.70 bits per heavy atom. The summed E-state index contributed by atoms with van der Waals surface area (Å²) in [6.45, 7) is 3.24. The SMILES string of the molecule is CNC(C)C1CSCC[N]1. The Bertz CT molecular complexity index is 91.6. The lowest BCUT2D eigenvalue weighted by Crippen LogP contribution is -2.45. The predicted molar refractivity (Wildman–Crippen MR) is 46.6 cm³/mol. The molecule has 1 heterocycles. The molecule has 1 aliphatic heterocycles. The highest BCUT2D eigenvalue weighted by atomic mass is 32.2. The van der Waals surface area contributed by atoms with Crippen molar-refractivity contribution in [1.29, 1.82) is 0 Å². The van der Waals surface area contributed by atoms with Gasteiger partial charge in [-0.15, -0.1) is 0 Å². The predicted octanol–water partition coefficient (Wildman–Crippen LogP) is 0.314. The maximum absolute atomic E-state index is 4.52. The number of nitrogens with one attached hydrogen (secondary N) is 1. The summed E-state index contributed by atoms with van der Waals surface area (Å²) in [4.78, 5) is 0. The van der Waals surface area contributed by atoms with Gasteiger partial charge in [0.15, 0.2) is 0 Å². The average Bonchev–Trinajstić information content (AvgIpc) is 2.05. The van der Waals surface area contributed by atoms with Crippen LogP contribution in [0.25, 0.3) is 0 Å². The van der Waals surface area contributed by atoms with Gasteiger partial charge in [-0.05, 0) is 14.0 Å². The molecule has 1 rings (SSSR count). The first-order chi connectivity index (χ1) is 4.84. The first kappa shape index (κ1) is 8.37. The van der Waals surface area contributed by atoms with E-state index in [-0.39, 0.29) is 0 Å². The van der Waals surface area contributed by atoms with Crippen LogP contribution < -0.4 is 10.6 Å². The number of rotatable bonds is 2. The van der Waals surface area contributed by atoms with Gasteiger partial charge >= 0.3 is 0 Å². The zero-order chi connectivity index (χ0) is 7.40. The smallest absolute Gasteiger partial charge is 0.0487 e. The highest BCUT2D eigenvalue weighted by molar-refractivity contribution is 7.99. The van der Waals surface area contributed by atoms with E-state index in [4.69, 9.17) is 0 Å². The van der Waals surface area contributed by atoms with Gasteiger partial charge in [0.1, 0.15) is 0 Å². The van der Waals surface area contributed by atoms with Crippen LogP contribution >= 0.6 is 11.8 Å². The van der Waals surface area contributed by atoms with E-state index in [2.05, 4.69) is 17.6 Å². The lowest BCUT2D eigenvalue weighted by atomic mass is 10.2. The first-order valence-corrected chi connectivity index (χ1v) is 4.91. The third kappa shape index (κ3) is 2.15. The Balaban J connectivity index is 2.24. The Hall–Kier alpha value is 0.270. The lowest BCUT2D eigenvalue weighted by molar-refractivity contribution is 0.434. The zero-order valence-electron chi connectivity index (χ0n) is 6.63. The molecule has 1 radical (unpaired) electrons. The van der Waals surface area contributed by atoms with Crippen molar-refractivity contribution < 1.29 is 0 Å². The Morgan fingerprint density at radius 2 is 2.50 bits per heavy atom. The Labute approximate surface area is 67.1 Å². The topological polar surface area (TPSA) is 26.1 Å². The minimum atomic E-state index is 0.545.